The van der Waals surface area contributed by atoms with Crippen LogP contribution in [0.25, 0.3) is 0 Å². The molecule has 0 bridgehead atoms. The zero-order valence-corrected chi connectivity index (χ0v) is 13.6. The Morgan fingerprint density at radius 3 is 1.12 bits per heavy atom. The van der Waals surface area contributed by atoms with Gasteiger partial charge in [-0.3, -0.25) is 19.2 Å². The van der Waals surface area contributed by atoms with E-state index in [0.29, 0.717) is 5.56 Å². The highest BCUT2D eigenvalue weighted by Crippen LogP contribution is 2.00. The summed E-state index contributed by atoms with van der Waals surface area (Å²) in [6, 6.07) is 8.94. The molecule has 11 heteroatoms. The van der Waals surface area contributed by atoms with E-state index < -0.39 is 17.9 Å². The van der Waals surface area contributed by atoms with Crippen LogP contribution in [-0.2, 0) is 14.4 Å². The smallest absolute Gasteiger partial charge is 0.317 e. The molecule has 1 aromatic carbocycles. The van der Waals surface area contributed by atoms with Crippen molar-refractivity contribution in [3.8, 4) is 0 Å². The van der Waals surface area contributed by atoms with Crippen molar-refractivity contribution < 1.29 is 34.5 Å². The standard InChI is InChI=1S/C7H6OS.3C2H5NO2/c8-7(9)6-4-2-1-3-5-6;3*3-1-2(4)5/h1-5H,(H,8,9);3*1,3H2,(H,4,5). The van der Waals surface area contributed by atoms with Gasteiger partial charge in [-0.2, -0.15) is 0 Å². The average molecular weight is 363 g/mol. The zero-order valence-electron chi connectivity index (χ0n) is 12.7. The maximum atomic E-state index is 10.5. The largest absolute Gasteiger partial charge is 0.480 e. The van der Waals surface area contributed by atoms with E-state index in [9.17, 15) is 19.2 Å². The van der Waals surface area contributed by atoms with Gasteiger partial charge in [0, 0.05) is 5.56 Å². The summed E-state index contributed by atoms with van der Waals surface area (Å²) in [4.78, 5) is 38.2. The molecule has 0 saturated heterocycles. The Hall–Kier alpha value is -2.47. The molecule has 0 amide bonds. The molecule has 1 aromatic rings. The Morgan fingerprint density at radius 1 is 0.750 bits per heavy atom. The highest BCUT2D eigenvalue weighted by atomic mass is 32.1. The fourth-order valence-electron chi connectivity index (χ4n) is 0.581. The second-order valence-electron chi connectivity index (χ2n) is 3.46. The van der Waals surface area contributed by atoms with E-state index in [1.54, 1.807) is 12.1 Å². The van der Waals surface area contributed by atoms with Crippen LogP contribution in [0.5, 0.6) is 0 Å². The van der Waals surface area contributed by atoms with Crippen LogP contribution in [0.2, 0.25) is 0 Å². The number of nitrogens with two attached hydrogens (primary N) is 3. The van der Waals surface area contributed by atoms with Gasteiger partial charge in [0.15, 0.2) is 0 Å². The van der Waals surface area contributed by atoms with Crippen molar-refractivity contribution in [2.75, 3.05) is 19.6 Å². The maximum Gasteiger partial charge on any atom is 0.317 e. The van der Waals surface area contributed by atoms with Gasteiger partial charge >= 0.3 is 17.9 Å². The number of aliphatic carboxylic acids is 3. The number of rotatable bonds is 4. The molecular formula is C13H21N3O7S. The van der Waals surface area contributed by atoms with Crippen molar-refractivity contribution in [2.24, 2.45) is 17.2 Å². The summed E-state index contributed by atoms with van der Waals surface area (Å²) in [6.07, 6.45) is 0. The molecule has 0 fully saturated rings. The number of carbonyl (C=O) groups is 4. The predicted molar refractivity (Wildman–Crippen MR) is 89.8 cm³/mol. The number of thiol groups is 1. The molecule has 10 nitrogen and oxygen atoms in total. The van der Waals surface area contributed by atoms with E-state index in [2.05, 4.69) is 29.8 Å². The summed E-state index contributed by atoms with van der Waals surface area (Å²) in [6.45, 7) is -0.833. The van der Waals surface area contributed by atoms with Crippen LogP contribution in [0.1, 0.15) is 10.4 Å². The molecule has 0 atom stereocenters. The third-order valence-electron chi connectivity index (χ3n) is 1.54. The van der Waals surface area contributed by atoms with E-state index >= 15 is 0 Å². The van der Waals surface area contributed by atoms with Gasteiger partial charge in [-0.25, -0.2) is 0 Å². The zero-order chi connectivity index (χ0) is 19.5. The minimum Gasteiger partial charge on any atom is -0.480 e. The molecule has 0 aliphatic carbocycles. The molecule has 0 unspecified atom stereocenters. The topological polar surface area (TPSA) is 207 Å². The lowest BCUT2D eigenvalue weighted by Crippen LogP contribution is -2.10. The minimum absolute atomic E-state index is 0.185. The number of carbonyl (C=O) groups excluding carboxylic acids is 1. The van der Waals surface area contributed by atoms with Crippen molar-refractivity contribution in [3.63, 3.8) is 0 Å². The molecule has 24 heavy (non-hydrogen) atoms. The molecule has 136 valence electrons. The van der Waals surface area contributed by atoms with E-state index in [0.717, 1.165) is 0 Å². The van der Waals surface area contributed by atoms with E-state index in [4.69, 9.17) is 15.3 Å². The highest BCUT2D eigenvalue weighted by molar-refractivity contribution is 7.97. The second-order valence-corrected chi connectivity index (χ2v) is 3.87. The summed E-state index contributed by atoms with van der Waals surface area (Å²) in [7, 11) is 0. The van der Waals surface area contributed by atoms with Crippen LogP contribution in [0.4, 0.5) is 0 Å². The normalized spacial score (nSPS) is 8.00. The Balaban J connectivity index is -0.000000259. The lowest BCUT2D eigenvalue weighted by molar-refractivity contribution is -0.136. The minimum atomic E-state index is -0.968. The number of hydrogen-bond donors (Lipinski definition) is 7. The fourth-order valence-corrected chi connectivity index (χ4v) is 0.730. The van der Waals surface area contributed by atoms with Crippen LogP contribution in [0, 0.1) is 0 Å². The van der Waals surface area contributed by atoms with Gasteiger partial charge in [-0.15, -0.1) is 12.6 Å². The van der Waals surface area contributed by atoms with E-state index in [-0.39, 0.29) is 24.7 Å². The lowest BCUT2D eigenvalue weighted by Gasteiger charge is -1.88. The number of hydrogen-bond acceptors (Lipinski definition) is 7. The summed E-state index contributed by atoms with van der Waals surface area (Å²) in [5.74, 6) is -2.90. The van der Waals surface area contributed by atoms with Crippen molar-refractivity contribution in [3.05, 3.63) is 35.9 Å². The van der Waals surface area contributed by atoms with Crippen molar-refractivity contribution in [1.29, 1.82) is 0 Å². The highest BCUT2D eigenvalue weighted by Gasteiger charge is 1.94. The SMILES string of the molecule is NCC(=O)O.NCC(=O)O.NCC(=O)O.O=C(S)c1ccccc1. The first-order valence-electron chi connectivity index (χ1n) is 6.16. The number of carboxylic acids is 3. The second kappa shape index (κ2) is 18.6. The number of benzene rings is 1. The van der Waals surface area contributed by atoms with Gasteiger partial charge in [-0.1, -0.05) is 30.3 Å². The van der Waals surface area contributed by atoms with Crippen LogP contribution >= 0.6 is 12.6 Å². The summed E-state index contributed by atoms with van der Waals surface area (Å²) in [5, 5.41) is 22.6. The first-order chi connectivity index (χ1) is 11.1. The Labute approximate surface area is 143 Å². The Kier molecular flexibility index (Phi) is 20.5. The maximum absolute atomic E-state index is 10.5. The molecule has 0 spiro atoms. The average Bonchev–Trinajstić information content (AvgIpc) is 2.57. The molecule has 9 N–H and O–H groups in total. The van der Waals surface area contributed by atoms with Gasteiger partial charge in [0.25, 0.3) is 0 Å². The van der Waals surface area contributed by atoms with Gasteiger partial charge in [0.2, 0.25) is 5.12 Å². The van der Waals surface area contributed by atoms with Crippen LogP contribution < -0.4 is 17.2 Å². The molecule has 0 aliphatic heterocycles. The molecule has 0 saturated carbocycles. The van der Waals surface area contributed by atoms with Crippen molar-refractivity contribution in [2.45, 2.75) is 0 Å². The van der Waals surface area contributed by atoms with Crippen molar-refractivity contribution >= 4 is 35.7 Å². The predicted octanol–water partition coefficient (Wildman–Crippen LogP) is -1.15. The van der Waals surface area contributed by atoms with Gasteiger partial charge in [0.05, 0.1) is 19.6 Å². The van der Waals surface area contributed by atoms with E-state index in [1.807, 2.05) is 18.2 Å². The first-order valence-corrected chi connectivity index (χ1v) is 6.60. The molecule has 0 radical (unpaired) electrons. The molecule has 1 rings (SSSR count). The lowest BCUT2D eigenvalue weighted by atomic mass is 10.2. The summed E-state index contributed by atoms with van der Waals surface area (Å²) >= 11 is 3.65. The molecular weight excluding hydrogens is 342 g/mol. The van der Waals surface area contributed by atoms with Gasteiger partial charge in [-0.05, 0) is 0 Å². The molecule has 0 aliphatic rings. The van der Waals surface area contributed by atoms with Crippen LogP contribution in [0.15, 0.2) is 30.3 Å². The monoisotopic (exact) mass is 363 g/mol. The number of carboxylic acid groups (broad SMARTS) is 3. The van der Waals surface area contributed by atoms with Crippen LogP contribution in [-0.4, -0.2) is 58.0 Å². The summed E-state index contributed by atoms with van der Waals surface area (Å²) < 4.78 is 0. The quantitative estimate of drug-likeness (QED) is 0.319. The molecule has 0 aromatic heterocycles. The Bertz CT molecular complexity index is 464. The van der Waals surface area contributed by atoms with E-state index in [1.165, 1.54) is 0 Å². The third kappa shape index (κ3) is 27.8. The Morgan fingerprint density at radius 2 is 1.00 bits per heavy atom. The van der Waals surface area contributed by atoms with Crippen LogP contribution in [0.3, 0.4) is 0 Å². The summed E-state index contributed by atoms with van der Waals surface area (Å²) in [5.41, 5.74) is 14.4. The van der Waals surface area contributed by atoms with Gasteiger partial charge < -0.3 is 32.5 Å². The van der Waals surface area contributed by atoms with Crippen molar-refractivity contribution in [1.82, 2.24) is 0 Å². The third-order valence-corrected chi connectivity index (χ3v) is 1.80. The molecule has 0 heterocycles. The first kappa shape index (κ1) is 26.4. The van der Waals surface area contributed by atoms with Gasteiger partial charge in [0.1, 0.15) is 0 Å². The fraction of sp³-hybridized carbons (Fsp3) is 0.231.